The summed E-state index contributed by atoms with van der Waals surface area (Å²) in [5, 5.41) is 20.7. The molecular weight excluding hydrogens is 363 g/mol. The van der Waals surface area contributed by atoms with Crippen molar-refractivity contribution in [2.75, 3.05) is 6.54 Å². The molecule has 4 nitrogen and oxygen atoms in total. The Labute approximate surface area is 153 Å². The van der Waals surface area contributed by atoms with Crippen molar-refractivity contribution in [3.8, 4) is 11.3 Å². The third-order valence-corrected chi connectivity index (χ3v) is 5.32. The minimum atomic E-state index is -4.42. The molecule has 3 rings (SSSR count). The number of hydrogen-bond donors (Lipinski definition) is 2. The molecule has 0 saturated heterocycles. The molecule has 1 aliphatic rings. The molecule has 0 radical (unpaired) electrons. The lowest BCUT2D eigenvalue weighted by molar-refractivity contribution is -0.137. The molecule has 1 aliphatic heterocycles. The number of aliphatic hydroxyl groups excluding tert-OH is 1. The second-order valence-electron chi connectivity index (χ2n) is 6.17. The maximum Gasteiger partial charge on any atom is 0.416 e. The van der Waals surface area contributed by atoms with E-state index in [1.54, 1.807) is 16.3 Å². The highest BCUT2D eigenvalue weighted by atomic mass is 32.1. The van der Waals surface area contributed by atoms with E-state index in [0.29, 0.717) is 21.8 Å². The van der Waals surface area contributed by atoms with Crippen LogP contribution in [0, 0.1) is 5.41 Å². The number of hydrogen-bond acceptors (Lipinski definition) is 4. The van der Waals surface area contributed by atoms with Crippen LogP contribution in [0.5, 0.6) is 0 Å². The summed E-state index contributed by atoms with van der Waals surface area (Å²) in [6.45, 7) is 4.23. The number of amidine groups is 1. The van der Waals surface area contributed by atoms with Crippen LogP contribution in [-0.4, -0.2) is 33.4 Å². The van der Waals surface area contributed by atoms with Crippen LogP contribution in [0.2, 0.25) is 0 Å². The third-order valence-electron chi connectivity index (χ3n) is 4.46. The number of benzene rings is 1. The van der Waals surface area contributed by atoms with Crippen molar-refractivity contribution < 1.29 is 18.3 Å². The van der Waals surface area contributed by atoms with Gasteiger partial charge >= 0.3 is 6.18 Å². The van der Waals surface area contributed by atoms with Crippen molar-refractivity contribution in [2.24, 2.45) is 0 Å². The average Bonchev–Trinajstić information content (AvgIpc) is 3.18. The highest BCUT2D eigenvalue weighted by molar-refractivity contribution is 7.11. The summed E-state index contributed by atoms with van der Waals surface area (Å²) in [7, 11) is 0. The molecule has 138 valence electrons. The highest BCUT2D eigenvalue weighted by Gasteiger charge is 2.33. The molecule has 2 heterocycles. The van der Waals surface area contributed by atoms with Gasteiger partial charge < -0.3 is 10.0 Å². The summed E-state index contributed by atoms with van der Waals surface area (Å²) in [6, 6.07) is 5.08. The quantitative estimate of drug-likeness (QED) is 0.766. The van der Waals surface area contributed by atoms with Gasteiger partial charge in [0.25, 0.3) is 0 Å². The van der Waals surface area contributed by atoms with Gasteiger partial charge in [-0.05, 0) is 25.5 Å². The Balaban J connectivity index is 1.92. The maximum absolute atomic E-state index is 12.9. The molecule has 2 N–H and O–H groups in total. The molecule has 0 amide bonds. The van der Waals surface area contributed by atoms with E-state index >= 15 is 0 Å². The number of halogens is 3. The van der Waals surface area contributed by atoms with Gasteiger partial charge in [-0.3, -0.25) is 5.41 Å². The molecular formula is C18H18F3N3OS. The first-order valence-electron chi connectivity index (χ1n) is 8.13. The van der Waals surface area contributed by atoms with E-state index in [0.717, 1.165) is 18.6 Å². The predicted molar refractivity (Wildman–Crippen MR) is 96.3 cm³/mol. The number of aromatic nitrogens is 1. The van der Waals surface area contributed by atoms with Crippen molar-refractivity contribution in [3.05, 3.63) is 46.0 Å². The van der Waals surface area contributed by atoms with Crippen LogP contribution < -0.4 is 0 Å². The first-order valence-corrected chi connectivity index (χ1v) is 9.01. The maximum atomic E-state index is 12.9. The molecule has 0 fully saturated rings. The minimum absolute atomic E-state index is 0.0697. The molecule has 1 aromatic heterocycles. The van der Waals surface area contributed by atoms with E-state index in [-0.39, 0.29) is 24.2 Å². The van der Waals surface area contributed by atoms with Gasteiger partial charge in [0.1, 0.15) is 16.6 Å². The van der Waals surface area contributed by atoms with E-state index in [1.165, 1.54) is 17.4 Å². The number of thiazole rings is 1. The van der Waals surface area contributed by atoms with Crippen LogP contribution in [0.1, 0.15) is 30.8 Å². The SMILES string of the molecule is CC[C@@H](C)N1CC(O)=C(c2nc(-c3cccc(C(F)(F)F)c3)cs2)C1=N. The van der Waals surface area contributed by atoms with Crippen molar-refractivity contribution >= 4 is 22.7 Å². The van der Waals surface area contributed by atoms with Gasteiger partial charge in [0.15, 0.2) is 0 Å². The molecule has 2 aromatic rings. The van der Waals surface area contributed by atoms with Gasteiger partial charge in [0, 0.05) is 17.0 Å². The Hall–Kier alpha value is -2.35. The van der Waals surface area contributed by atoms with Crippen molar-refractivity contribution in [1.82, 2.24) is 9.88 Å². The van der Waals surface area contributed by atoms with Crippen LogP contribution in [0.25, 0.3) is 16.8 Å². The monoisotopic (exact) mass is 381 g/mol. The zero-order chi connectivity index (χ0) is 19.1. The smallest absolute Gasteiger partial charge is 0.416 e. The molecule has 0 unspecified atom stereocenters. The third kappa shape index (κ3) is 3.33. The van der Waals surface area contributed by atoms with Crippen LogP contribution in [0.4, 0.5) is 13.2 Å². The van der Waals surface area contributed by atoms with E-state index in [9.17, 15) is 18.3 Å². The summed E-state index contributed by atoms with van der Waals surface area (Å²) in [5.41, 5.74) is 0.369. The van der Waals surface area contributed by atoms with Crippen LogP contribution in [0.3, 0.4) is 0 Å². The second-order valence-corrected chi connectivity index (χ2v) is 7.03. The number of alkyl halides is 3. The van der Waals surface area contributed by atoms with Crippen LogP contribution in [0.15, 0.2) is 35.4 Å². The lowest BCUT2D eigenvalue weighted by Crippen LogP contribution is -2.34. The van der Waals surface area contributed by atoms with Crippen molar-refractivity contribution in [1.29, 1.82) is 5.41 Å². The zero-order valence-electron chi connectivity index (χ0n) is 14.3. The van der Waals surface area contributed by atoms with E-state index in [2.05, 4.69) is 4.98 Å². The van der Waals surface area contributed by atoms with Crippen LogP contribution >= 0.6 is 11.3 Å². The van der Waals surface area contributed by atoms with Crippen LogP contribution in [-0.2, 0) is 6.18 Å². The Morgan fingerprint density at radius 3 is 2.77 bits per heavy atom. The lowest BCUT2D eigenvalue weighted by atomic mass is 10.1. The summed E-state index contributed by atoms with van der Waals surface area (Å²) in [5.74, 6) is 0.266. The lowest BCUT2D eigenvalue weighted by Gasteiger charge is -2.25. The summed E-state index contributed by atoms with van der Waals surface area (Å²) >= 11 is 1.21. The van der Waals surface area contributed by atoms with Crippen molar-refractivity contribution in [2.45, 2.75) is 32.5 Å². The molecule has 26 heavy (non-hydrogen) atoms. The average molecular weight is 381 g/mol. The fourth-order valence-electron chi connectivity index (χ4n) is 2.80. The van der Waals surface area contributed by atoms with E-state index < -0.39 is 11.7 Å². The van der Waals surface area contributed by atoms with Gasteiger partial charge in [0.2, 0.25) is 0 Å². The summed E-state index contributed by atoms with van der Waals surface area (Å²) < 4.78 is 38.7. The number of nitrogens with one attached hydrogen (secondary N) is 1. The molecule has 1 aromatic carbocycles. The molecule has 0 spiro atoms. The normalized spacial score (nSPS) is 16.5. The van der Waals surface area contributed by atoms with E-state index in [4.69, 9.17) is 5.41 Å². The fourth-order valence-corrected chi connectivity index (χ4v) is 3.69. The van der Waals surface area contributed by atoms with Gasteiger partial charge in [-0.1, -0.05) is 19.1 Å². The Morgan fingerprint density at radius 1 is 1.38 bits per heavy atom. The number of nitrogens with zero attached hydrogens (tertiary/aromatic N) is 2. The molecule has 8 heteroatoms. The Morgan fingerprint density at radius 2 is 2.12 bits per heavy atom. The van der Waals surface area contributed by atoms with Gasteiger partial charge in [-0.15, -0.1) is 11.3 Å². The molecule has 1 atom stereocenters. The van der Waals surface area contributed by atoms with Crippen molar-refractivity contribution in [3.63, 3.8) is 0 Å². The van der Waals surface area contributed by atoms with Gasteiger partial charge in [0.05, 0.1) is 23.4 Å². The van der Waals surface area contributed by atoms with E-state index in [1.807, 2.05) is 13.8 Å². The van der Waals surface area contributed by atoms with Gasteiger partial charge in [-0.2, -0.15) is 13.2 Å². The number of rotatable bonds is 4. The molecule has 0 saturated carbocycles. The topological polar surface area (TPSA) is 60.2 Å². The predicted octanol–water partition coefficient (Wildman–Crippen LogP) is 5.19. The number of aliphatic hydroxyl groups is 1. The second kappa shape index (κ2) is 6.75. The first kappa shape index (κ1) is 18.4. The summed E-state index contributed by atoms with van der Waals surface area (Å²) in [4.78, 5) is 6.16. The fraction of sp³-hybridized carbons (Fsp3) is 0.333. The largest absolute Gasteiger partial charge is 0.510 e. The first-order chi connectivity index (χ1) is 12.2. The standard InChI is InChI=1S/C18H18F3N3OS/c1-3-10(2)24-8-14(25)15(16(24)22)17-23-13(9-26-17)11-5-4-6-12(7-11)18(19,20)21/h4-7,9-10,22,25H,3,8H2,1-2H3/t10-/m1/s1. The molecule has 0 aliphatic carbocycles. The zero-order valence-corrected chi connectivity index (χ0v) is 15.1. The Bertz CT molecular complexity index is 873. The highest BCUT2D eigenvalue weighted by Crippen LogP contribution is 2.35. The molecule has 0 bridgehead atoms. The summed E-state index contributed by atoms with van der Waals surface area (Å²) in [6.07, 6.45) is -3.59. The van der Waals surface area contributed by atoms with Gasteiger partial charge in [-0.25, -0.2) is 4.98 Å². The Kier molecular flexibility index (Phi) is 4.79. The minimum Gasteiger partial charge on any atom is -0.510 e.